The smallest absolute Gasteiger partial charge is 0.449 e. The molecule has 13 heteroatoms. The number of carboxylic acid groups (broad SMARTS) is 1. The predicted molar refractivity (Wildman–Crippen MR) is 126 cm³/mol. The second kappa shape index (κ2) is 9.28. The Kier molecular flexibility index (Phi) is 6.74. The van der Waals surface area contributed by atoms with Gasteiger partial charge in [-0.3, -0.25) is 4.98 Å². The van der Waals surface area contributed by atoms with Crippen molar-refractivity contribution < 1.29 is 40.6 Å². The number of rotatable bonds is 6. The summed E-state index contributed by atoms with van der Waals surface area (Å²) in [6.07, 6.45) is -2.21. The molecule has 1 aliphatic rings. The number of pyridine rings is 1. The predicted octanol–water partition coefficient (Wildman–Crippen LogP) is 5.94. The third-order valence-corrected chi connectivity index (χ3v) is 8.14. The highest BCUT2D eigenvalue weighted by molar-refractivity contribution is 7.89. The topological polar surface area (TPSA) is 111 Å². The van der Waals surface area contributed by atoms with Crippen molar-refractivity contribution in [2.45, 2.75) is 69.1 Å². The van der Waals surface area contributed by atoms with E-state index in [0.717, 1.165) is 37.9 Å². The standard InChI is InChI=1S/C24H25F4N3O5S/c1-13-10-19-16(11-17(13)25)21(36-22(32)33)20(31(19)14-6-4-5-7-14)18-9-8-15(12-29-18)37(34,35)30-23(2,3)24(26,27)28/h8-12,14,30H,4-7H2,1-3H3,(H,32,33). The highest BCUT2D eigenvalue weighted by Gasteiger charge is 2.49. The molecule has 4 rings (SSSR count). The quantitative estimate of drug-likeness (QED) is 0.294. The van der Waals surface area contributed by atoms with E-state index in [1.807, 2.05) is 4.57 Å². The molecule has 200 valence electrons. The summed E-state index contributed by atoms with van der Waals surface area (Å²) < 4.78 is 88.0. The van der Waals surface area contributed by atoms with Crippen LogP contribution in [0.1, 0.15) is 51.1 Å². The lowest BCUT2D eigenvalue weighted by Crippen LogP contribution is -2.54. The molecule has 2 aromatic heterocycles. The van der Waals surface area contributed by atoms with Crippen molar-refractivity contribution >= 4 is 27.1 Å². The highest BCUT2D eigenvalue weighted by atomic mass is 32.2. The number of hydrogen-bond donors (Lipinski definition) is 2. The fourth-order valence-electron chi connectivity index (χ4n) is 4.51. The first kappa shape index (κ1) is 26.9. The maximum absolute atomic E-state index is 14.5. The number of carbonyl (C=O) groups is 1. The van der Waals surface area contributed by atoms with Crippen LogP contribution in [0.5, 0.6) is 5.75 Å². The van der Waals surface area contributed by atoms with Crippen molar-refractivity contribution in [1.82, 2.24) is 14.3 Å². The molecule has 0 bridgehead atoms. The molecule has 0 atom stereocenters. The Bertz CT molecular complexity index is 1460. The van der Waals surface area contributed by atoms with E-state index in [1.165, 1.54) is 12.1 Å². The normalized spacial score (nSPS) is 15.4. The van der Waals surface area contributed by atoms with E-state index >= 15 is 0 Å². The van der Waals surface area contributed by atoms with E-state index in [9.17, 15) is 35.9 Å². The number of hydrogen-bond acceptors (Lipinski definition) is 5. The number of sulfonamides is 1. The van der Waals surface area contributed by atoms with Gasteiger partial charge in [0.05, 0.1) is 11.2 Å². The van der Waals surface area contributed by atoms with Gasteiger partial charge < -0.3 is 14.4 Å². The average molecular weight is 544 g/mol. The van der Waals surface area contributed by atoms with E-state index in [0.29, 0.717) is 24.9 Å². The maximum atomic E-state index is 14.5. The molecule has 1 aliphatic carbocycles. The van der Waals surface area contributed by atoms with Crippen LogP contribution >= 0.6 is 0 Å². The first-order valence-corrected chi connectivity index (χ1v) is 12.9. The van der Waals surface area contributed by atoms with Gasteiger partial charge in [-0.25, -0.2) is 17.6 Å². The van der Waals surface area contributed by atoms with Gasteiger partial charge in [-0.15, -0.1) is 0 Å². The Morgan fingerprint density at radius 2 is 1.84 bits per heavy atom. The number of fused-ring (bicyclic) bond motifs is 1. The van der Waals surface area contributed by atoms with Crippen LogP contribution in [0.2, 0.25) is 0 Å². The van der Waals surface area contributed by atoms with Crippen molar-refractivity contribution in [3.05, 3.63) is 41.8 Å². The minimum absolute atomic E-state index is 0.0760. The number of ether oxygens (including phenoxy) is 1. The second-order valence-corrected chi connectivity index (χ2v) is 11.3. The summed E-state index contributed by atoms with van der Waals surface area (Å²) in [7, 11) is -4.61. The van der Waals surface area contributed by atoms with Crippen molar-refractivity contribution in [1.29, 1.82) is 0 Å². The second-order valence-electron chi connectivity index (χ2n) is 9.58. The van der Waals surface area contributed by atoms with E-state index in [4.69, 9.17) is 4.74 Å². The summed E-state index contributed by atoms with van der Waals surface area (Å²) in [5, 5.41) is 9.60. The molecule has 2 N–H and O–H groups in total. The van der Waals surface area contributed by atoms with E-state index in [1.54, 1.807) is 17.7 Å². The molecule has 0 radical (unpaired) electrons. The Morgan fingerprint density at radius 1 is 1.19 bits per heavy atom. The van der Waals surface area contributed by atoms with E-state index < -0.39 is 38.6 Å². The largest absolute Gasteiger partial charge is 0.511 e. The number of aromatic nitrogens is 2. The Labute approximate surface area is 210 Å². The van der Waals surface area contributed by atoms with Crippen molar-refractivity contribution in [2.24, 2.45) is 0 Å². The molecule has 3 aromatic rings. The van der Waals surface area contributed by atoms with Gasteiger partial charge in [0.1, 0.15) is 21.9 Å². The summed E-state index contributed by atoms with van der Waals surface area (Å²) in [5.74, 6) is -0.724. The van der Waals surface area contributed by atoms with Crippen LogP contribution in [0, 0.1) is 12.7 Å². The van der Waals surface area contributed by atoms with Crippen LogP contribution in [0.3, 0.4) is 0 Å². The van der Waals surface area contributed by atoms with Crippen LogP contribution in [-0.2, 0) is 10.0 Å². The first-order valence-electron chi connectivity index (χ1n) is 11.4. The zero-order chi connectivity index (χ0) is 27.3. The van der Waals surface area contributed by atoms with Gasteiger partial charge in [-0.05, 0) is 63.4 Å². The van der Waals surface area contributed by atoms with Crippen LogP contribution in [0.4, 0.5) is 22.4 Å². The number of benzene rings is 1. The van der Waals surface area contributed by atoms with Crippen LogP contribution in [0.15, 0.2) is 35.4 Å². The fourth-order valence-corrected chi connectivity index (χ4v) is 5.85. The molecular formula is C24H25F4N3O5S. The van der Waals surface area contributed by atoms with Gasteiger partial charge in [-0.1, -0.05) is 12.8 Å². The van der Waals surface area contributed by atoms with Gasteiger partial charge in [0, 0.05) is 17.6 Å². The summed E-state index contributed by atoms with van der Waals surface area (Å²) in [4.78, 5) is 15.2. The number of alkyl halides is 3. The van der Waals surface area contributed by atoms with Crippen molar-refractivity contribution in [3.8, 4) is 17.1 Å². The molecule has 2 heterocycles. The third kappa shape index (κ3) is 5.01. The molecule has 1 fully saturated rings. The molecule has 0 saturated heterocycles. The van der Waals surface area contributed by atoms with Crippen molar-refractivity contribution in [2.75, 3.05) is 0 Å². The Balaban J connectivity index is 1.88. The molecule has 0 spiro atoms. The SMILES string of the molecule is Cc1cc2c(cc1F)c(OC(=O)O)c(-c1ccc(S(=O)(=O)NC(C)(C)C(F)(F)F)cn1)n2C1CCCC1. The Hall–Kier alpha value is -3.19. The zero-order valence-corrected chi connectivity index (χ0v) is 21.0. The summed E-state index contributed by atoms with van der Waals surface area (Å²) in [5.41, 5.74) is -1.54. The molecule has 8 nitrogen and oxygen atoms in total. The Morgan fingerprint density at radius 3 is 2.38 bits per heavy atom. The van der Waals surface area contributed by atoms with Crippen LogP contribution < -0.4 is 9.46 Å². The zero-order valence-electron chi connectivity index (χ0n) is 20.2. The third-order valence-electron chi connectivity index (χ3n) is 6.50. The van der Waals surface area contributed by atoms with E-state index in [2.05, 4.69) is 4.98 Å². The lowest BCUT2D eigenvalue weighted by molar-refractivity contribution is -0.180. The number of nitrogens with one attached hydrogen (secondary N) is 1. The van der Waals surface area contributed by atoms with Gasteiger partial charge in [-0.2, -0.15) is 17.9 Å². The molecule has 1 saturated carbocycles. The molecule has 0 aliphatic heterocycles. The molecule has 0 unspecified atom stereocenters. The van der Waals surface area contributed by atoms with Gasteiger partial charge >= 0.3 is 12.3 Å². The van der Waals surface area contributed by atoms with Gasteiger partial charge in [0.2, 0.25) is 10.0 Å². The average Bonchev–Trinajstić information content (AvgIpc) is 3.39. The van der Waals surface area contributed by atoms with Crippen LogP contribution in [0.25, 0.3) is 22.3 Å². The monoisotopic (exact) mass is 543 g/mol. The number of halogens is 4. The number of aryl methyl sites for hydroxylation is 1. The lowest BCUT2D eigenvalue weighted by atomic mass is 10.1. The molecular weight excluding hydrogens is 518 g/mol. The first-order chi connectivity index (χ1) is 17.1. The fraction of sp³-hybridized carbons (Fsp3) is 0.417. The van der Waals surface area contributed by atoms with Crippen LogP contribution in [-0.4, -0.2) is 40.9 Å². The molecule has 37 heavy (non-hydrogen) atoms. The summed E-state index contributed by atoms with van der Waals surface area (Å²) in [6, 6.07) is 5.02. The summed E-state index contributed by atoms with van der Waals surface area (Å²) >= 11 is 0. The highest BCUT2D eigenvalue weighted by Crippen LogP contribution is 2.46. The van der Waals surface area contributed by atoms with Gasteiger partial charge in [0.25, 0.3) is 0 Å². The van der Waals surface area contributed by atoms with E-state index in [-0.39, 0.29) is 28.6 Å². The number of nitrogens with zero attached hydrogens (tertiary/aromatic N) is 2. The summed E-state index contributed by atoms with van der Waals surface area (Å²) in [6.45, 7) is 2.97. The lowest BCUT2D eigenvalue weighted by Gasteiger charge is -2.28. The maximum Gasteiger partial charge on any atom is 0.511 e. The minimum atomic E-state index is -4.84. The molecule has 1 aromatic carbocycles. The van der Waals surface area contributed by atoms with Crippen molar-refractivity contribution in [3.63, 3.8) is 0 Å². The van der Waals surface area contributed by atoms with Gasteiger partial charge in [0.15, 0.2) is 5.75 Å². The minimum Gasteiger partial charge on any atom is -0.449 e. The molecule has 0 amide bonds.